The van der Waals surface area contributed by atoms with E-state index >= 15 is 0 Å². The van der Waals surface area contributed by atoms with Crippen molar-refractivity contribution >= 4 is 15.6 Å². The van der Waals surface area contributed by atoms with Gasteiger partial charge in [0.2, 0.25) is 0 Å². The molecule has 1 aliphatic heterocycles. The van der Waals surface area contributed by atoms with Crippen molar-refractivity contribution in [2.45, 2.75) is 18.7 Å². The predicted molar refractivity (Wildman–Crippen MR) is 57.4 cm³/mol. The molecule has 80 valence electrons. The highest BCUT2D eigenvalue weighted by molar-refractivity contribution is 7.89. The van der Waals surface area contributed by atoms with Gasteiger partial charge in [-0.05, 0) is 23.6 Å². The van der Waals surface area contributed by atoms with Crippen LogP contribution in [0.25, 0.3) is 5.57 Å². The lowest BCUT2D eigenvalue weighted by Gasteiger charge is -2.19. The van der Waals surface area contributed by atoms with E-state index in [4.69, 9.17) is 0 Å². The van der Waals surface area contributed by atoms with Gasteiger partial charge in [-0.25, -0.2) is 8.42 Å². The molecule has 0 amide bonds. The van der Waals surface area contributed by atoms with Gasteiger partial charge in [-0.2, -0.15) is 0 Å². The van der Waals surface area contributed by atoms with Crippen molar-refractivity contribution in [1.82, 2.24) is 9.71 Å². The van der Waals surface area contributed by atoms with Crippen LogP contribution >= 0.6 is 0 Å². The van der Waals surface area contributed by atoms with Gasteiger partial charge in [-0.1, -0.05) is 13.8 Å². The number of hydrogen-bond acceptors (Lipinski definition) is 3. The van der Waals surface area contributed by atoms with Crippen molar-refractivity contribution in [1.29, 1.82) is 0 Å². The second kappa shape index (κ2) is 3.34. The van der Waals surface area contributed by atoms with Gasteiger partial charge >= 0.3 is 0 Å². The zero-order valence-corrected chi connectivity index (χ0v) is 9.38. The van der Waals surface area contributed by atoms with Crippen LogP contribution in [0.3, 0.4) is 0 Å². The molecule has 0 fully saturated rings. The summed E-state index contributed by atoms with van der Waals surface area (Å²) in [5.74, 6) is 0.238. The summed E-state index contributed by atoms with van der Waals surface area (Å²) < 4.78 is 25.7. The first-order chi connectivity index (χ1) is 7.02. The van der Waals surface area contributed by atoms with E-state index in [2.05, 4.69) is 9.71 Å². The van der Waals surface area contributed by atoms with Crippen molar-refractivity contribution in [2.24, 2.45) is 5.92 Å². The SMILES string of the molecule is CC(C)C1=CNS(=O)(=O)c2cccnc21. The fraction of sp³-hybridized carbons (Fsp3) is 0.300. The summed E-state index contributed by atoms with van der Waals surface area (Å²) in [5.41, 5.74) is 1.48. The fourth-order valence-corrected chi connectivity index (χ4v) is 2.63. The molecule has 1 aromatic heterocycles. The maximum atomic E-state index is 11.6. The van der Waals surface area contributed by atoms with Crippen LogP contribution in [0.15, 0.2) is 29.4 Å². The van der Waals surface area contributed by atoms with Gasteiger partial charge in [0, 0.05) is 12.4 Å². The highest BCUT2D eigenvalue weighted by Crippen LogP contribution is 2.29. The largest absolute Gasteiger partial charge is 0.286 e. The topological polar surface area (TPSA) is 59.1 Å². The third kappa shape index (κ3) is 1.63. The summed E-state index contributed by atoms with van der Waals surface area (Å²) in [4.78, 5) is 4.39. The maximum absolute atomic E-state index is 11.6. The molecule has 0 unspecified atom stereocenters. The number of sulfonamides is 1. The highest BCUT2D eigenvalue weighted by atomic mass is 32.2. The van der Waals surface area contributed by atoms with E-state index in [1.165, 1.54) is 6.20 Å². The minimum Gasteiger partial charge on any atom is -0.286 e. The Hall–Kier alpha value is -1.36. The molecule has 0 spiro atoms. The Morgan fingerprint density at radius 1 is 1.40 bits per heavy atom. The van der Waals surface area contributed by atoms with Crippen LogP contribution in [0.4, 0.5) is 0 Å². The van der Waals surface area contributed by atoms with Crippen molar-refractivity contribution in [3.05, 3.63) is 30.2 Å². The molecule has 0 bridgehead atoms. The first-order valence-electron chi connectivity index (χ1n) is 4.70. The molecular weight excluding hydrogens is 212 g/mol. The van der Waals surface area contributed by atoms with Crippen molar-refractivity contribution in [3.63, 3.8) is 0 Å². The number of nitrogens with zero attached hydrogens (tertiary/aromatic N) is 1. The van der Waals surface area contributed by atoms with E-state index in [0.29, 0.717) is 5.69 Å². The van der Waals surface area contributed by atoms with E-state index in [0.717, 1.165) is 5.57 Å². The first-order valence-corrected chi connectivity index (χ1v) is 6.18. The normalized spacial score (nSPS) is 17.9. The Morgan fingerprint density at radius 3 is 2.80 bits per heavy atom. The van der Waals surface area contributed by atoms with Crippen LogP contribution in [0.1, 0.15) is 19.5 Å². The molecule has 2 rings (SSSR count). The number of allylic oxidation sites excluding steroid dienone is 1. The number of rotatable bonds is 1. The average Bonchev–Trinajstić information content (AvgIpc) is 2.17. The van der Waals surface area contributed by atoms with Crippen molar-refractivity contribution < 1.29 is 8.42 Å². The maximum Gasteiger partial charge on any atom is 0.263 e. The Bertz CT molecular complexity index is 518. The van der Waals surface area contributed by atoms with E-state index in [9.17, 15) is 8.42 Å². The molecule has 0 radical (unpaired) electrons. The Morgan fingerprint density at radius 2 is 2.13 bits per heavy atom. The van der Waals surface area contributed by atoms with Crippen molar-refractivity contribution in [2.75, 3.05) is 0 Å². The van der Waals surface area contributed by atoms with E-state index in [1.807, 2.05) is 13.8 Å². The van der Waals surface area contributed by atoms with Crippen LogP contribution < -0.4 is 4.72 Å². The molecule has 0 aromatic carbocycles. The van der Waals surface area contributed by atoms with Gasteiger partial charge in [-0.15, -0.1) is 0 Å². The highest BCUT2D eigenvalue weighted by Gasteiger charge is 2.26. The van der Waals surface area contributed by atoms with Gasteiger partial charge in [-0.3, -0.25) is 9.71 Å². The quantitative estimate of drug-likeness (QED) is 0.783. The summed E-state index contributed by atoms with van der Waals surface area (Å²) in [6.07, 6.45) is 3.13. The number of hydrogen-bond donors (Lipinski definition) is 1. The minimum atomic E-state index is -3.40. The van der Waals surface area contributed by atoms with Crippen LogP contribution in [0.2, 0.25) is 0 Å². The fourth-order valence-electron chi connectivity index (χ4n) is 1.54. The zero-order chi connectivity index (χ0) is 11.1. The third-order valence-electron chi connectivity index (χ3n) is 2.33. The summed E-state index contributed by atoms with van der Waals surface area (Å²) in [7, 11) is -3.40. The lowest BCUT2D eigenvalue weighted by Crippen LogP contribution is -2.25. The van der Waals surface area contributed by atoms with Crippen LogP contribution in [-0.2, 0) is 10.0 Å². The average molecular weight is 224 g/mol. The first kappa shape index (κ1) is 10.2. The van der Waals surface area contributed by atoms with Crippen LogP contribution in [0, 0.1) is 5.92 Å². The molecule has 0 saturated heterocycles. The number of nitrogens with one attached hydrogen (secondary N) is 1. The number of aromatic nitrogens is 1. The molecule has 15 heavy (non-hydrogen) atoms. The third-order valence-corrected chi connectivity index (χ3v) is 3.66. The van der Waals surface area contributed by atoms with E-state index < -0.39 is 10.0 Å². The number of pyridine rings is 1. The molecule has 0 aliphatic carbocycles. The molecule has 2 heterocycles. The second-order valence-electron chi connectivity index (χ2n) is 3.73. The molecule has 0 saturated carbocycles. The predicted octanol–water partition coefficient (Wildman–Crippen LogP) is 1.37. The second-order valence-corrected chi connectivity index (χ2v) is 5.41. The Balaban J connectivity index is 2.68. The molecular formula is C10H12N2O2S. The molecule has 5 heteroatoms. The van der Waals surface area contributed by atoms with E-state index in [-0.39, 0.29) is 10.8 Å². The van der Waals surface area contributed by atoms with E-state index in [1.54, 1.807) is 18.3 Å². The van der Waals surface area contributed by atoms with Crippen LogP contribution in [-0.4, -0.2) is 13.4 Å². The molecule has 0 atom stereocenters. The van der Waals surface area contributed by atoms with Gasteiger partial charge in [0.15, 0.2) is 0 Å². The van der Waals surface area contributed by atoms with Crippen molar-refractivity contribution in [3.8, 4) is 0 Å². The zero-order valence-electron chi connectivity index (χ0n) is 8.56. The molecule has 1 aromatic rings. The van der Waals surface area contributed by atoms with Gasteiger partial charge in [0.25, 0.3) is 10.0 Å². The van der Waals surface area contributed by atoms with Crippen LogP contribution in [0.5, 0.6) is 0 Å². The van der Waals surface area contributed by atoms with Gasteiger partial charge in [0.1, 0.15) is 4.90 Å². The minimum absolute atomic E-state index is 0.238. The lowest BCUT2D eigenvalue weighted by molar-refractivity contribution is 0.588. The summed E-state index contributed by atoms with van der Waals surface area (Å²) in [5, 5.41) is 0. The Kier molecular flexibility index (Phi) is 2.26. The van der Waals surface area contributed by atoms with Gasteiger partial charge in [0.05, 0.1) is 5.69 Å². The summed E-state index contributed by atoms with van der Waals surface area (Å²) in [6.45, 7) is 4.01. The molecule has 1 aliphatic rings. The lowest BCUT2D eigenvalue weighted by atomic mass is 10.0. The molecule has 4 nitrogen and oxygen atoms in total. The standard InChI is InChI=1S/C10H12N2O2S/c1-7(2)8-6-12-15(13,14)9-4-3-5-11-10(8)9/h3-7,12H,1-2H3. The number of fused-ring (bicyclic) bond motifs is 1. The monoisotopic (exact) mass is 224 g/mol. The smallest absolute Gasteiger partial charge is 0.263 e. The summed E-state index contributed by atoms with van der Waals surface area (Å²) in [6, 6.07) is 3.20. The van der Waals surface area contributed by atoms with Gasteiger partial charge < -0.3 is 0 Å². The molecule has 1 N–H and O–H groups in total. The Labute approximate surface area is 89.1 Å². The summed E-state index contributed by atoms with van der Waals surface area (Å²) >= 11 is 0.